The van der Waals surface area contributed by atoms with Gasteiger partial charge in [0.1, 0.15) is 6.10 Å². The van der Waals surface area contributed by atoms with Gasteiger partial charge in [-0.2, -0.15) is 0 Å². The van der Waals surface area contributed by atoms with Crippen LogP contribution in [0.5, 0.6) is 0 Å². The van der Waals surface area contributed by atoms with E-state index in [0.29, 0.717) is 6.61 Å². The molecule has 1 heterocycles. The van der Waals surface area contributed by atoms with Crippen LogP contribution in [0.2, 0.25) is 0 Å². The molecule has 0 aromatic heterocycles. The lowest BCUT2D eigenvalue weighted by Gasteiger charge is -2.31. The smallest absolute Gasteiger partial charge is 0.404 e. The summed E-state index contributed by atoms with van der Waals surface area (Å²) in [6.07, 6.45) is 8.26. The van der Waals surface area contributed by atoms with Crippen LogP contribution >= 0.6 is 0 Å². The molecular weight excluding hydrogens is 244 g/mol. The number of nitrogens with zero attached hydrogens (tertiary/aromatic N) is 1. The third-order valence-electron chi connectivity index (χ3n) is 3.70. The average molecular weight is 272 g/mol. The zero-order chi connectivity index (χ0) is 13.9. The second kappa shape index (κ2) is 10.0. The highest BCUT2D eigenvalue weighted by Crippen LogP contribution is 2.14. The van der Waals surface area contributed by atoms with Gasteiger partial charge in [-0.1, -0.05) is 25.7 Å². The van der Waals surface area contributed by atoms with E-state index >= 15 is 0 Å². The molecule has 1 amide bonds. The fourth-order valence-electron chi connectivity index (χ4n) is 2.57. The first kappa shape index (κ1) is 16.2. The highest BCUT2D eigenvalue weighted by Gasteiger charge is 2.20. The highest BCUT2D eigenvalue weighted by atomic mass is 16.6. The summed E-state index contributed by atoms with van der Waals surface area (Å²) >= 11 is 0. The van der Waals surface area contributed by atoms with E-state index in [-0.39, 0.29) is 6.10 Å². The van der Waals surface area contributed by atoms with Gasteiger partial charge in [-0.15, -0.1) is 0 Å². The van der Waals surface area contributed by atoms with Gasteiger partial charge in [-0.25, -0.2) is 4.79 Å². The monoisotopic (exact) mass is 272 g/mol. The number of unbranched alkanes of at least 4 members (excludes halogenated alkanes) is 5. The molecule has 1 saturated heterocycles. The van der Waals surface area contributed by atoms with Crippen LogP contribution in [0, 0.1) is 0 Å². The Hall–Kier alpha value is -0.810. The second-order valence-corrected chi connectivity index (χ2v) is 5.32. The number of rotatable bonds is 9. The minimum Gasteiger partial charge on any atom is -0.446 e. The maximum atomic E-state index is 10.6. The lowest BCUT2D eigenvalue weighted by atomic mass is 10.1. The minimum atomic E-state index is -0.652. The van der Waals surface area contributed by atoms with E-state index in [9.17, 15) is 4.79 Å². The van der Waals surface area contributed by atoms with Crippen molar-refractivity contribution in [1.29, 1.82) is 0 Å². The minimum absolute atomic E-state index is 0.0206. The Labute approximate surface area is 116 Å². The lowest BCUT2D eigenvalue weighted by Crippen LogP contribution is -2.39. The standard InChI is InChI=1S/C14H28N2O3/c15-14(18)19-13-7-10-16(11-8-13)9-5-3-1-2-4-6-12-17/h13,17H,1-12H2,(H2,15,18). The predicted molar refractivity (Wildman–Crippen MR) is 74.9 cm³/mol. The third kappa shape index (κ3) is 8.06. The maximum absolute atomic E-state index is 10.6. The van der Waals surface area contributed by atoms with Crippen molar-refractivity contribution in [3.8, 4) is 0 Å². The van der Waals surface area contributed by atoms with Crippen LogP contribution < -0.4 is 5.73 Å². The molecule has 0 aromatic carbocycles. The number of piperidine rings is 1. The van der Waals surface area contributed by atoms with E-state index in [1.54, 1.807) is 0 Å². The molecule has 1 aliphatic heterocycles. The molecule has 0 aliphatic carbocycles. The lowest BCUT2D eigenvalue weighted by molar-refractivity contribution is 0.0558. The van der Waals surface area contributed by atoms with Crippen LogP contribution in [-0.4, -0.2) is 48.4 Å². The molecule has 0 unspecified atom stereocenters. The zero-order valence-corrected chi connectivity index (χ0v) is 11.9. The number of primary amides is 1. The Morgan fingerprint density at radius 2 is 1.68 bits per heavy atom. The Morgan fingerprint density at radius 1 is 1.11 bits per heavy atom. The molecule has 5 nitrogen and oxygen atoms in total. The molecule has 1 rings (SSSR count). The maximum Gasteiger partial charge on any atom is 0.404 e. The summed E-state index contributed by atoms with van der Waals surface area (Å²) in [6, 6.07) is 0. The average Bonchev–Trinajstić information content (AvgIpc) is 2.39. The molecule has 1 fully saturated rings. The first-order chi connectivity index (χ1) is 9.22. The van der Waals surface area contributed by atoms with Crippen LogP contribution in [0.1, 0.15) is 51.4 Å². The molecule has 0 aromatic rings. The normalized spacial score (nSPS) is 17.5. The number of ether oxygens (including phenoxy) is 1. The number of aliphatic hydroxyl groups is 1. The first-order valence-electron chi connectivity index (χ1n) is 7.51. The predicted octanol–water partition coefficient (Wildman–Crippen LogP) is 1.88. The van der Waals surface area contributed by atoms with Crippen LogP contribution in [0.3, 0.4) is 0 Å². The third-order valence-corrected chi connectivity index (χ3v) is 3.70. The number of aliphatic hydroxyl groups excluding tert-OH is 1. The summed E-state index contributed by atoms with van der Waals surface area (Å²) in [7, 11) is 0. The van der Waals surface area contributed by atoms with Gasteiger partial charge < -0.3 is 20.5 Å². The molecule has 19 heavy (non-hydrogen) atoms. The van der Waals surface area contributed by atoms with E-state index in [0.717, 1.165) is 45.3 Å². The Bertz CT molecular complexity index is 241. The van der Waals surface area contributed by atoms with Gasteiger partial charge in [0, 0.05) is 19.7 Å². The fourth-order valence-corrected chi connectivity index (χ4v) is 2.57. The summed E-state index contributed by atoms with van der Waals surface area (Å²) in [4.78, 5) is 13.1. The number of carbonyl (C=O) groups excluding carboxylic acids is 1. The van der Waals surface area contributed by atoms with Gasteiger partial charge in [0.25, 0.3) is 0 Å². The van der Waals surface area contributed by atoms with E-state index in [1.807, 2.05) is 0 Å². The quantitative estimate of drug-likeness (QED) is 0.628. The molecule has 112 valence electrons. The molecule has 0 bridgehead atoms. The van der Waals surface area contributed by atoms with E-state index in [1.165, 1.54) is 25.7 Å². The summed E-state index contributed by atoms with van der Waals surface area (Å²) in [5.74, 6) is 0. The van der Waals surface area contributed by atoms with Crippen molar-refractivity contribution in [3.63, 3.8) is 0 Å². The SMILES string of the molecule is NC(=O)OC1CCN(CCCCCCCCO)CC1. The first-order valence-corrected chi connectivity index (χ1v) is 7.51. The Balaban J connectivity index is 1.93. The second-order valence-electron chi connectivity index (χ2n) is 5.32. The van der Waals surface area contributed by atoms with Crippen LogP contribution in [0.25, 0.3) is 0 Å². The number of likely N-dealkylation sites (tertiary alicyclic amines) is 1. The van der Waals surface area contributed by atoms with E-state index in [2.05, 4.69) is 4.90 Å². The van der Waals surface area contributed by atoms with Crippen LogP contribution in [-0.2, 0) is 4.74 Å². The van der Waals surface area contributed by atoms with E-state index < -0.39 is 6.09 Å². The number of hydrogen-bond acceptors (Lipinski definition) is 4. The molecular formula is C14H28N2O3. The van der Waals surface area contributed by atoms with E-state index in [4.69, 9.17) is 15.6 Å². The molecule has 3 N–H and O–H groups in total. The van der Waals surface area contributed by atoms with Gasteiger partial charge in [0.2, 0.25) is 0 Å². The van der Waals surface area contributed by atoms with Crippen molar-refractivity contribution in [1.82, 2.24) is 4.90 Å². The molecule has 1 aliphatic rings. The Kier molecular flexibility index (Phi) is 8.58. The number of carbonyl (C=O) groups is 1. The number of amides is 1. The van der Waals surface area contributed by atoms with Gasteiger partial charge in [-0.05, 0) is 32.2 Å². The summed E-state index contributed by atoms with van der Waals surface area (Å²) < 4.78 is 5.01. The summed E-state index contributed by atoms with van der Waals surface area (Å²) in [5, 5.41) is 8.67. The van der Waals surface area contributed by atoms with Crippen molar-refractivity contribution >= 4 is 6.09 Å². The summed E-state index contributed by atoms with van der Waals surface area (Å²) in [6.45, 7) is 3.47. The van der Waals surface area contributed by atoms with Gasteiger partial charge in [-0.3, -0.25) is 0 Å². The molecule has 0 atom stereocenters. The van der Waals surface area contributed by atoms with Crippen molar-refractivity contribution in [2.24, 2.45) is 5.73 Å². The van der Waals surface area contributed by atoms with Gasteiger partial charge >= 0.3 is 6.09 Å². The molecule has 5 heteroatoms. The molecule has 0 saturated carbocycles. The number of hydrogen-bond donors (Lipinski definition) is 2. The number of nitrogens with two attached hydrogens (primary N) is 1. The largest absolute Gasteiger partial charge is 0.446 e. The van der Waals surface area contributed by atoms with Gasteiger partial charge in [0.05, 0.1) is 0 Å². The Morgan fingerprint density at radius 3 is 2.26 bits per heavy atom. The van der Waals surface area contributed by atoms with Gasteiger partial charge in [0.15, 0.2) is 0 Å². The van der Waals surface area contributed by atoms with Crippen LogP contribution in [0.4, 0.5) is 4.79 Å². The van der Waals surface area contributed by atoms with Crippen LogP contribution in [0.15, 0.2) is 0 Å². The fraction of sp³-hybridized carbons (Fsp3) is 0.929. The van der Waals surface area contributed by atoms with Crippen molar-refractivity contribution in [3.05, 3.63) is 0 Å². The molecule has 0 radical (unpaired) electrons. The van der Waals surface area contributed by atoms with Crippen molar-refractivity contribution in [2.75, 3.05) is 26.2 Å². The van der Waals surface area contributed by atoms with Crippen molar-refractivity contribution in [2.45, 2.75) is 57.5 Å². The summed E-state index contributed by atoms with van der Waals surface area (Å²) in [5.41, 5.74) is 5.02. The highest BCUT2D eigenvalue weighted by molar-refractivity contribution is 5.64. The van der Waals surface area contributed by atoms with Crippen molar-refractivity contribution < 1.29 is 14.6 Å². The zero-order valence-electron chi connectivity index (χ0n) is 11.9. The topological polar surface area (TPSA) is 75.8 Å². The molecule has 0 spiro atoms.